The van der Waals surface area contributed by atoms with Crippen LogP contribution in [0.3, 0.4) is 0 Å². The zero-order valence-electron chi connectivity index (χ0n) is 16.8. The first kappa shape index (κ1) is 21.6. The zero-order valence-corrected chi connectivity index (χ0v) is 19.2. The molecule has 1 atom stereocenters. The minimum absolute atomic E-state index is 0.0504. The average molecular weight is 469 g/mol. The van der Waals surface area contributed by atoms with Gasteiger partial charge in [-0.05, 0) is 31.4 Å². The predicted molar refractivity (Wildman–Crippen MR) is 119 cm³/mol. The highest BCUT2D eigenvalue weighted by molar-refractivity contribution is 7.99. The van der Waals surface area contributed by atoms with Crippen LogP contribution in [0.5, 0.6) is 0 Å². The van der Waals surface area contributed by atoms with Gasteiger partial charge in [-0.15, -0.1) is 10.2 Å². The molecule has 0 unspecified atom stereocenters. The van der Waals surface area contributed by atoms with Crippen LogP contribution in [0.1, 0.15) is 38.1 Å². The number of sulfone groups is 1. The Morgan fingerprint density at radius 2 is 1.97 bits per heavy atom. The Balaban J connectivity index is 1.53. The molecule has 1 aliphatic carbocycles. The molecule has 1 amide bonds. The number of aromatic nitrogens is 3. The number of carbonyl (C=O) groups excluding carboxylic acids is 1. The van der Waals surface area contributed by atoms with E-state index in [4.69, 9.17) is 11.6 Å². The number of rotatable bonds is 6. The highest BCUT2D eigenvalue weighted by atomic mass is 35.5. The van der Waals surface area contributed by atoms with Crippen molar-refractivity contribution in [2.45, 2.75) is 49.3 Å². The molecule has 1 aromatic carbocycles. The molecule has 1 aliphatic heterocycles. The van der Waals surface area contributed by atoms with Crippen molar-refractivity contribution in [2.24, 2.45) is 0 Å². The summed E-state index contributed by atoms with van der Waals surface area (Å²) in [6, 6.07) is 7.64. The molecule has 10 heteroatoms. The largest absolute Gasteiger partial charge is 0.341 e. The van der Waals surface area contributed by atoms with Gasteiger partial charge in [0.2, 0.25) is 5.91 Å². The number of hydrogen-bond donors (Lipinski definition) is 0. The van der Waals surface area contributed by atoms with Crippen LogP contribution < -0.4 is 0 Å². The standard InChI is InChI=1S/C20H25ClN4O3S2/c1-24(15-10-11-30(27,28)13-15)18(26)12-29-20-23-22-19(16-8-4-5-9-17(16)21)25(20)14-6-2-3-7-14/h4-5,8-9,14-15H,2-3,6-7,10-13H2,1H3/t15-/m1/s1. The van der Waals surface area contributed by atoms with E-state index in [1.807, 2.05) is 24.3 Å². The van der Waals surface area contributed by atoms with E-state index in [1.54, 1.807) is 11.9 Å². The van der Waals surface area contributed by atoms with E-state index < -0.39 is 9.84 Å². The van der Waals surface area contributed by atoms with Crippen molar-refractivity contribution in [2.75, 3.05) is 24.3 Å². The molecule has 1 saturated heterocycles. The summed E-state index contributed by atoms with van der Waals surface area (Å²) in [5.41, 5.74) is 0.838. The normalized spacial score (nSPS) is 21.2. The third-order valence-electron chi connectivity index (χ3n) is 5.94. The molecule has 7 nitrogen and oxygen atoms in total. The third kappa shape index (κ3) is 4.53. The first-order chi connectivity index (χ1) is 14.4. The number of thioether (sulfide) groups is 1. The Bertz CT molecular complexity index is 1030. The van der Waals surface area contributed by atoms with E-state index in [1.165, 1.54) is 11.8 Å². The second kappa shape index (κ2) is 8.88. The Morgan fingerprint density at radius 3 is 2.63 bits per heavy atom. The van der Waals surface area contributed by atoms with Crippen molar-refractivity contribution in [1.82, 2.24) is 19.7 Å². The molecule has 1 saturated carbocycles. The molecule has 1 aromatic heterocycles. The van der Waals surface area contributed by atoms with Crippen molar-refractivity contribution in [3.8, 4) is 11.4 Å². The smallest absolute Gasteiger partial charge is 0.233 e. The third-order valence-corrected chi connectivity index (χ3v) is 8.95. The molecule has 30 heavy (non-hydrogen) atoms. The average Bonchev–Trinajstić information content (AvgIpc) is 3.45. The van der Waals surface area contributed by atoms with Gasteiger partial charge in [-0.2, -0.15) is 0 Å². The number of carbonyl (C=O) groups is 1. The predicted octanol–water partition coefficient (Wildman–Crippen LogP) is 3.45. The molecule has 2 aliphatic rings. The van der Waals surface area contributed by atoms with Crippen LogP contribution in [-0.2, 0) is 14.6 Å². The van der Waals surface area contributed by atoms with Gasteiger partial charge in [-0.25, -0.2) is 8.42 Å². The molecule has 4 rings (SSSR count). The number of benzene rings is 1. The highest BCUT2D eigenvalue weighted by Gasteiger charge is 2.33. The van der Waals surface area contributed by atoms with E-state index in [0.717, 1.165) is 37.1 Å². The summed E-state index contributed by atoms with van der Waals surface area (Å²) in [6.07, 6.45) is 4.93. The number of amides is 1. The SMILES string of the molecule is CN(C(=O)CSc1nnc(-c2ccccc2Cl)n1C1CCCC1)[C@@H]1CCS(=O)(=O)C1. The fourth-order valence-electron chi connectivity index (χ4n) is 4.21. The zero-order chi connectivity index (χ0) is 21.3. The molecule has 0 radical (unpaired) electrons. The van der Waals surface area contributed by atoms with E-state index in [-0.39, 0.29) is 29.2 Å². The van der Waals surface area contributed by atoms with E-state index in [2.05, 4.69) is 14.8 Å². The summed E-state index contributed by atoms with van der Waals surface area (Å²) in [5.74, 6) is 1.04. The van der Waals surface area contributed by atoms with Gasteiger partial charge in [0, 0.05) is 24.7 Å². The van der Waals surface area contributed by atoms with Gasteiger partial charge in [0.1, 0.15) is 0 Å². The van der Waals surface area contributed by atoms with Gasteiger partial charge in [-0.3, -0.25) is 9.36 Å². The molecule has 2 fully saturated rings. The topological polar surface area (TPSA) is 85.2 Å². The lowest BCUT2D eigenvalue weighted by Gasteiger charge is -2.23. The van der Waals surface area contributed by atoms with Crippen molar-refractivity contribution in [3.63, 3.8) is 0 Å². The minimum Gasteiger partial charge on any atom is -0.341 e. The van der Waals surface area contributed by atoms with Crippen LogP contribution in [0.25, 0.3) is 11.4 Å². The second-order valence-corrected chi connectivity index (χ2v) is 11.5. The van der Waals surface area contributed by atoms with Gasteiger partial charge >= 0.3 is 0 Å². The molecule has 0 spiro atoms. The van der Waals surface area contributed by atoms with E-state index in [9.17, 15) is 13.2 Å². The highest BCUT2D eigenvalue weighted by Crippen LogP contribution is 2.38. The lowest BCUT2D eigenvalue weighted by molar-refractivity contribution is -0.128. The molecular formula is C20H25ClN4O3S2. The van der Waals surface area contributed by atoms with Crippen LogP contribution in [0, 0.1) is 0 Å². The molecular weight excluding hydrogens is 444 g/mol. The van der Waals surface area contributed by atoms with Crippen molar-refractivity contribution in [3.05, 3.63) is 29.3 Å². The Hall–Kier alpha value is -1.58. The lowest BCUT2D eigenvalue weighted by atomic mass is 10.2. The fraction of sp³-hybridized carbons (Fsp3) is 0.550. The molecule has 162 valence electrons. The van der Waals surface area contributed by atoms with Crippen molar-refractivity contribution >= 4 is 39.1 Å². The first-order valence-corrected chi connectivity index (χ1v) is 13.3. The monoisotopic (exact) mass is 468 g/mol. The number of halogens is 1. The summed E-state index contributed by atoms with van der Waals surface area (Å²) >= 11 is 7.77. The van der Waals surface area contributed by atoms with Crippen LogP contribution in [-0.4, -0.2) is 64.3 Å². The summed E-state index contributed by atoms with van der Waals surface area (Å²) in [6.45, 7) is 0. The Kier molecular flexibility index (Phi) is 6.41. The van der Waals surface area contributed by atoms with Crippen LogP contribution >= 0.6 is 23.4 Å². The van der Waals surface area contributed by atoms with Gasteiger partial charge in [0.25, 0.3) is 0 Å². The van der Waals surface area contributed by atoms with Crippen LogP contribution in [0.2, 0.25) is 5.02 Å². The Morgan fingerprint density at radius 1 is 1.23 bits per heavy atom. The molecule has 0 bridgehead atoms. The molecule has 0 N–H and O–H groups in total. The van der Waals surface area contributed by atoms with Gasteiger partial charge in [-0.1, -0.05) is 48.3 Å². The van der Waals surface area contributed by atoms with Crippen LogP contribution in [0.15, 0.2) is 29.4 Å². The lowest BCUT2D eigenvalue weighted by Crippen LogP contribution is -2.38. The van der Waals surface area contributed by atoms with Gasteiger partial charge < -0.3 is 4.90 Å². The van der Waals surface area contributed by atoms with Gasteiger partial charge in [0.15, 0.2) is 20.8 Å². The first-order valence-electron chi connectivity index (χ1n) is 10.1. The summed E-state index contributed by atoms with van der Waals surface area (Å²) in [7, 11) is -1.34. The van der Waals surface area contributed by atoms with Crippen molar-refractivity contribution in [1.29, 1.82) is 0 Å². The molecule has 2 heterocycles. The van der Waals surface area contributed by atoms with Crippen molar-refractivity contribution < 1.29 is 13.2 Å². The van der Waals surface area contributed by atoms with E-state index in [0.29, 0.717) is 22.6 Å². The maximum Gasteiger partial charge on any atom is 0.233 e. The molecule has 2 aromatic rings. The summed E-state index contributed by atoms with van der Waals surface area (Å²) in [4.78, 5) is 14.3. The summed E-state index contributed by atoms with van der Waals surface area (Å²) < 4.78 is 25.6. The minimum atomic E-state index is -3.03. The van der Waals surface area contributed by atoms with Crippen LogP contribution in [0.4, 0.5) is 0 Å². The maximum atomic E-state index is 12.7. The van der Waals surface area contributed by atoms with E-state index >= 15 is 0 Å². The summed E-state index contributed by atoms with van der Waals surface area (Å²) in [5, 5.41) is 10.1. The van der Waals surface area contributed by atoms with Gasteiger partial charge in [0.05, 0.1) is 22.3 Å². The second-order valence-electron chi connectivity index (χ2n) is 7.94. The number of hydrogen-bond acceptors (Lipinski definition) is 6. The quantitative estimate of drug-likeness (QED) is 0.603. The fourth-order valence-corrected chi connectivity index (χ4v) is 7.13. The maximum absolute atomic E-state index is 12.7. The Labute approximate surface area is 186 Å². The number of nitrogens with zero attached hydrogens (tertiary/aromatic N) is 4.